The van der Waals surface area contributed by atoms with Gasteiger partial charge in [-0.15, -0.1) is 28.6 Å². The van der Waals surface area contributed by atoms with Gasteiger partial charge in [-0.25, -0.2) is 4.68 Å². The summed E-state index contributed by atoms with van der Waals surface area (Å²) in [5, 5.41) is 16.8. The molecule has 1 aliphatic rings. The van der Waals surface area contributed by atoms with Gasteiger partial charge < -0.3 is 15.4 Å². The largest absolute Gasteiger partial charge is 0.379 e. The third-order valence-corrected chi connectivity index (χ3v) is 19.2. The van der Waals surface area contributed by atoms with Crippen LogP contribution in [-0.4, -0.2) is 117 Å². The quantitative estimate of drug-likeness (QED) is 0.0620. The number of rotatable bonds is 28. The molecule has 1 aromatic heterocycles. The summed E-state index contributed by atoms with van der Waals surface area (Å²) < 4.78 is 7.19. The number of hydrogen-bond donors (Lipinski definition) is 2. The number of nitrogens with zero attached hydrogens (tertiary/aromatic N) is 4. The Kier molecular flexibility index (Phi) is 81.9. The molecule has 11 nitrogen and oxygen atoms in total. The van der Waals surface area contributed by atoms with Crippen molar-refractivity contribution in [2.75, 3.05) is 18.1 Å². The first-order valence-electron chi connectivity index (χ1n) is 38.5. The van der Waals surface area contributed by atoms with E-state index in [-0.39, 0.29) is 52.9 Å². The van der Waals surface area contributed by atoms with Crippen molar-refractivity contribution in [3.05, 3.63) is 47.8 Å². The number of aromatic nitrogens is 3. The van der Waals surface area contributed by atoms with Crippen LogP contribution in [0.5, 0.6) is 0 Å². The molecule has 1 atom stereocenters. The van der Waals surface area contributed by atoms with E-state index in [4.69, 9.17) is 4.74 Å². The van der Waals surface area contributed by atoms with E-state index in [1.807, 2.05) is 113 Å². The second-order valence-electron chi connectivity index (χ2n) is 32.7. The van der Waals surface area contributed by atoms with Gasteiger partial charge in [0.25, 0.3) is 0 Å². The zero-order chi connectivity index (χ0) is 79.4. The van der Waals surface area contributed by atoms with Gasteiger partial charge in [0, 0.05) is 59.8 Å². The Labute approximate surface area is 639 Å². The molecule has 2 aromatic rings. The molecule has 0 radical (unpaired) electrons. The SMILES string of the molecule is CC(C)C.CC(C)CC(C)C.CC(C)CCC(C)C.CC(C)CCc1ccccc1.CC(C)COC(C)C.CC(C)CSC(C)C.CC(C)NC(=O)C(C)C.CC(C)NC(=O)CSC(C)C.CC(C)SC1CC(=O)N(C(C)C)C1=O.CC(C)SSC(C)C.CC(C)c1cn(C(C)C)nn1. The Hall–Kier alpha value is -1.85. The van der Waals surface area contributed by atoms with Crippen molar-refractivity contribution in [3.8, 4) is 0 Å². The summed E-state index contributed by atoms with van der Waals surface area (Å²) in [7, 11) is 3.91. The Morgan fingerprint density at radius 3 is 1.18 bits per heavy atom. The Bertz CT molecular complexity index is 1940. The number of likely N-dealkylation sites (tertiary alicyclic amines) is 1. The molecule has 16 heteroatoms. The van der Waals surface area contributed by atoms with Crippen LogP contribution in [0.3, 0.4) is 0 Å². The molecule has 0 saturated carbocycles. The van der Waals surface area contributed by atoms with Crippen LogP contribution < -0.4 is 10.6 Å². The lowest BCUT2D eigenvalue weighted by molar-refractivity contribution is -0.140. The molecular formula is C83H170N6O5S5. The summed E-state index contributed by atoms with van der Waals surface area (Å²) in [6.45, 7) is 88.5. The van der Waals surface area contributed by atoms with Crippen LogP contribution in [0.15, 0.2) is 36.5 Å². The Morgan fingerprint density at radius 1 is 0.515 bits per heavy atom. The number of carbonyl (C=O) groups excluding carboxylic acids is 4. The van der Waals surface area contributed by atoms with Crippen LogP contribution in [0.25, 0.3) is 0 Å². The number of ether oxygens (including phenoxy) is 1. The lowest BCUT2D eigenvalue weighted by atomic mass is 10.0. The molecule has 1 aliphatic heterocycles. The number of imide groups is 1. The number of thioether (sulfide) groups is 3. The molecule has 0 bridgehead atoms. The first-order valence-corrected chi connectivity index (χ1v) is 43.8. The molecule has 2 N–H and O–H groups in total. The molecule has 4 amide bonds. The lowest BCUT2D eigenvalue weighted by Crippen LogP contribution is -2.37. The van der Waals surface area contributed by atoms with E-state index in [9.17, 15) is 19.2 Å². The highest BCUT2D eigenvalue weighted by Gasteiger charge is 2.40. The second kappa shape index (κ2) is 71.7. The van der Waals surface area contributed by atoms with Crippen molar-refractivity contribution >= 4 is 80.5 Å². The average molecular weight is 1490 g/mol. The Morgan fingerprint density at radius 2 is 0.949 bits per heavy atom. The third-order valence-electron chi connectivity index (χ3n) is 11.8. The smallest absolute Gasteiger partial charge is 0.243 e. The zero-order valence-electron chi connectivity index (χ0n) is 72.8. The second-order valence-corrected chi connectivity index (χ2v) is 41.1. The number of carbonyl (C=O) groups is 4. The van der Waals surface area contributed by atoms with Crippen LogP contribution in [0.2, 0.25) is 0 Å². The molecule has 0 aliphatic carbocycles. The van der Waals surface area contributed by atoms with Crippen LogP contribution in [0.1, 0.15) is 339 Å². The summed E-state index contributed by atoms with van der Waals surface area (Å²) >= 11 is 5.29. The molecular weight excluding hydrogens is 1320 g/mol. The fraction of sp³-hybridized carbons (Fsp3) is 0.855. The summed E-state index contributed by atoms with van der Waals surface area (Å²) in [5.74, 6) is 9.38. The third kappa shape index (κ3) is 98.2. The fourth-order valence-electron chi connectivity index (χ4n) is 7.17. The van der Waals surface area contributed by atoms with Gasteiger partial charge in [0.2, 0.25) is 23.6 Å². The molecule has 2 heterocycles. The molecule has 1 aromatic carbocycles. The first kappa shape index (κ1) is 113. The normalized spacial score (nSPS) is 12.6. The van der Waals surface area contributed by atoms with Gasteiger partial charge >= 0.3 is 0 Å². The van der Waals surface area contributed by atoms with Gasteiger partial charge in [0.1, 0.15) is 0 Å². The van der Waals surface area contributed by atoms with E-state index in [2.05, 4.69) is 266 Å². The minimum atomic E-state index is -0.148. The predicted molar refractivity (Wildman–Crippen MR) is 459 cm³/mol. The number of nitrogens with one attached hydrogen (secondary N) is 2. The number of aryl methyl sites for hydroxylation is 1. The molecule has 3 rings (SSSR count). The van der Waals surface area contributed by atoms with E-state index < -0.39 is 0 Å². The number of benzene rings is 1. The Balaban J connectivity index is -0.000000155. The standard InChI is InChI=1S/C11H16.C10H17NO2S.C8H15N3.C8H17NOS.C8H18.C7H15NO.C7H16O.C7H16S.C7H16.C6H14S2.C4H10/c1-10(2)8-9-11-6-4-3-5-7-11;1-6(2)11-9(12)5-8(10(11)13)14-7(3)4;1-6(2)8-5-11(7(3)4)10-9-8;1-6(2)9-8(10)5-11-7(3)4;1-7(2)5-6-8(3)4;1-5(2)7(9)8-6(3)4;2*1-6(2)5-8-7(3)4;1-6(2)5-7(3)4;1-5(2)7-8-6(3)4;1-4(2)3/h3-7,10H,8-9H2,1-2H3;6-8H,5H2,1-4H3;5-7H,1-4H3;6-7H,5H2,1-4H3,(H,9,10);7-8H,5-6H2,1-4H3;5-6H,1-4H3,(H,8,9);2*6-7H,5H2,1-4H3;6-7H,5H2,1-4H3;5-6H,1-4H3;4H,1-3H3. The number of hydrogen-bond acceptors (Lipinski definition) is 12. The van der Waals surface area contributed by atoms with Gasteiger partial charge in [0.05, 0.1) is 22.8 Å². The van der Waals surface area contributed by atoms with Crippen LogP contribution in [0, 0.1) is 53.3 Å². The van der Waals surface area contributed by atoms with E-state index in [0.717, 1.165) is 69.5 Å². The zero-order valence-corrected chi connectivity index (χ0v) is 76.9. The highest BCUT2D eigenvalue weighted by Crippen LogP contribution is 2.30. The van der Waals surface area contributed by atoms with Crippen molar-refractivity contribution in [1.82, 2.24) is 30.5 Å². The van der Waals surface area contributed by atoms with Crippen molar-refractivity contribution < 1.29 is 23.9 Å². The van der Waals surface area contributed by atoms with E-state index in [1.54, 1.807) is 23.5 Å². The molecule has 1 fully saturated rings. The highest BCUT2D eigenvalue weighted by molar-refractivity contribution is 8.77. The van der Waals surface area contributed by atoms with Crippen LogP contribution in [0.4, 0.5) is 0 Å². The van der Waals surface area contributed by atoms with Crippen LogP contribution >= 0.6 is 56.9 Å². The molecule has 592 valence electrons. The fourth-order valence-corrected chi connectivity index (χ4v) is 11.4. The van der Waals surface area contributed by atoms with Gasteiger partial charge in [-0.2, -0.15) is 11.8 Å². The lowest BCUT2D eigenvalue weighted by Gasteiger charge is -2.19. The summed E-state index contributed by atoms with van der Waals surface area (Å²) in [6.07, 6.45) is 9.42. The maximum atomic E-state index is 11.8. The maximum Gasteiger partial charge on any atom is 0.243 e. The predicted octanol–water partition coefficient (Wildman–Crippen LogP) is 25.2. The monoisotopic (exact) mass is 1490 g/mol. The van der Waals surface area contributed by atoms with Crippen LogP contribution in [-0.2, 0) is 30.3 Å². The first-order chi connectivity index (χ1) is 45.2. The van der Waals surface area contributed by atoms with E-state index in [0.29, 0.717) is 46.7 Å². The van der Waals surface area contributed by atoms with E-state index >= 15 is 0 Å². The number of amides is 4. The summed E-state index contributed by atoms with van der Waals surface area (Å²) in [6, 6.07) is 11.6. The molecule has 1 unspecified atom stereocenters. The molecule has 99 heavy (non-hydrogen) atoms. The highest BCUT2D eigenvalue weighted by atomic mass is 33.1. The van der Waals surface area contributed by atoms with Crippen molar-refractivity contribution in [3.63, 3.8) is 0 Å². The van der Waals surface area contributed by atoms with Crippen molar-refractivity contribution in [2.24, 2.45) is 53.3 Å². The molecule has 1 saturated heterocycles. The van der Waals surface area contributed by atoms with Crippen molar-refractivity contribution in [2.45, 2.75) is 390 Å². The van der Waals surface area contributed by atoms with Crippen molar-refractivity contribution in [1.29, 1.82) is 0 Å². The minimum Gasteiger partial charge on any atom is -0.379 e. The molecule has 0 spiro atoms. The van der Waals surface area contributed by atoms with Gasteiger partial charge in [-0.3, -0.25) is 24.1 Å². The average Bonchev–Trinajstić information content (AvgIpc) is 1.68. The van der Waals surface area contributed by atoms with Gasteiger partial charge in [-0.05, 0) is 169 Å². The summed E-state index contributed by atoms with van der Waals surface area (Å²) in [5.41, 5.74) is 2.53. The summed E-state index contributed by atoms with van der Waals surface area (Å²) in [4.78, 5) is 46.5. The van der Waals surface area contributed by atoms with Gasteiger partial charge in [-0.1, -0.05) is 285 Å². The van der Waals surface area contributed by atoms with E-state index in [1.165, 1.54) is 48.3 Å². The minimum absolute atomic E-state index is 0.00670. The van der Waals surface area contributed by atoms with Gasteiger partial charge in [0.15, 0.2) is 0 Å². The maximum absolute atomic E-state index is 11.8. The topological polar surface area (TPSA) is 136 Å².